The van der Waals surface area contributed by atoms with Crippen molar-refractivity contribution in [3.8, 4) is 0 Å². The van der Waals surface area contributed by atoms with Crippen molar-refractivity contribution in [3.63, 3.8) is 0 Å². The van der Waals surface area contributed by atoms with Crippen molar-refractivity contribution < 1.29 is 8.42 Å². The molecule has 0 amide bonds. The van der Waals surface area contributed by atoms with Gasteiger partial charge in [-0.1, -0.05) is 0 Å². The van der Waals surface area contributed by atoms with Crippen LogP contribution in [-0.4, -0.2) is 56.3 Å². The molecular weight excluding hydrogens is 298 g/mol. The zero-order valence-corrected chi connectivity index (χ0v) is 13.8. The van der Waals surface area contributed by atoms with Gasteiger partial charge in [0.25, 0.3) is 10.2 Å². The summed E-state index contributed by atoms with van der Waals surface area (Å²) in [6.45, 7) is 3.08. The molecule has 1 N–H and O–H groups in total. The molecule has 3 aliphatic rings. The Bertz CT molecular complexity index is 429. The SMILES string of the molecule is CNCC1CCCN(S(=O)(=O)N2CC3CCC2C3)C1.Cl. The average Bonchev–Trinajstić information content (AvgIpc) is 3.02. The van der Waals surface area contributed by atoms with Gasteiger partial charge in [-0.15, -0.1) is 12.4 Å². The maximum atomic E-state index is 12.8. The molecule has 0 spiro atoms. The Hall–Kier alpha value is 0.120. The normalized spacial score (nSPS) is 35.1. The first kappa shape index (κ1) is 16.5. The summed E-state index contributed by atoms with van der Waals surface area (Å²) in [6, 6.07) is 0.291. The van der Waals surface area contributed by atoms with Crippen LogP contribution in [0.5, 0.6) is 0 Å². The van der Waals surface area contributed by atoms with Gasteiger partial charge in [-0.2, -0.15) is 17.0 Å². The van der Waals surface area contributed by atoms with E-state index in [1.807, 2.05) is 7.05 Å². The number of rotatable bonds is 4. The molecule has 118 valence electrons. The number of fused-ring (bicyclic) bond motifs is 2. The molecule has 0 aromatic carbocycles. The second kappa shape index (κ2) is 6.48. The van der Waals surface area contributed by atoms with Crippen LogP contribution in [0.2, 0.25) is 0 Å². The monoisotopic (exact) mass is 323 g/mol. The van der Waals surface area contributed by atoms with Gasteiger partial charge in [0.1, 0.15) is 0 Å². The van der Waals surface area contributed by atoms with Gasteiger partial charge in [0.05, 0.1) is 0 Å². The molecule has 3 unspecified atom stereocenters. The molecule has 2 saturated heterocycles. The Labute approximate surface area is 128 Å². The molecule has 0 radical (unpaired) electrons. The number of halogens is 1. The van der Waals surface area contributed by atoms with Crippen LogP contribution in [0.3, 0.4) is 0 Å². The Balaban J connectivity index is 0.00000147. The summed E-state index contributed by atoms with van der Waals surface area (Å²) in [5.41, 5.74) is 0. The third kappa shape index (κ3) is 2.99. The van der Waals surface area contributed by atoms with Gasteiger partial charge in [0, 0.05) is 25.7 Å². The lowest BCUT2D eigenvalue weighted by Crippen LogP contribution is -2.51. The van der Waals surface area contributed by atoms with Crippen molar-refractivity contribution in [1.82, 2.24) is 13.9 Å². The Morgan fingerprint density at radius 2 is 2.00 bits per heavy atom. The molecule has 0 aromatic heterocycles. The highest BCUT2D eigenvalue weighted by molar-refractivity contribution is 7.86. The van der Waals surface area contributed by atoms with Gasteiger partial charge in [-0.05, 0) is 57.5 Å². The van der Waals surface area contributed by atoms with E-state index >= 15 is 0 Å². The minimum Gasteiger partial charge on any atom is -0.319 e. The minimum atomic E-state index is -3.20. The molecule has 1 aliphatic carbocycles. The van der Waals surface area contributed by atoms with E-state index in [-0.39, 0.29) is 12.4 Å². The predicted molar refractivity (Wildman–Crippen MR) is 82.2 cm³/mol. The molecule has 3 fully saturated rings. The van der Waals surface area contributed by atoms with Crippen molar-refractivity contribution in [2.75, 3.05) is 33.2 Å². The molecule has 2 bridgehead atoms. The largest absolute Gasteiger partial charge is 0.319 e. The van der Waals surface area contributed by atoms with Crippen molar-refractivity contribution >= 4 is 22.6 Å². The van der Waals surface area contributed by atoms with Crippen molar-refractivity contribution in [1.29, 1.82) is 0 Å². The van der Waals surface area contributed by atoms with Gasteiger partial charge in [-0.3, -0.25) is 0 Å². The Morgan fingerprint density at radius 1 is 1.20 bits per heavy atom. The third-order valence-corrected chi connectivity index (χ3v) is 6.98. The second-order valence-corrected chi connectivity index (χ2v) is 8.22. The summed E-state index contributed by atoms with van der Waals surface area (Å²) in [5, 5.41) is 3.17. The van der Waals surface area contributed by atoms with Crippen LogP contribution in [0.25, 0.3) is 0 Å². The average molecular weight is 324 g/mol. The lowest BCUT2D eigenvalue weighted by molar-refractivity contribution is 0.233. The molecule has 1 saturated carbocycles. The van der Waals surface area contributed by atoms with Crippen LogP contribution in [0.15, 0.2) is 0 Å². The molecule has 0 aromatic rings. The fraction of sp³-hybridized carbons (Fsp3) is 1.00. The molecule has 7 heteroatoms. The Morgan fingerprint density at radius 3 is 2.60 bits per heavy atom. The summed E-state index contributed by atoms with van der Waals surface area (Å²) < 4.78 is 29.0. The summed E-state index contributed by atoms with van der Waals surface area (Å²) >= 11 is 0. The molecule has 3 atom stereocenters. The highest BCUT2D eigenvalue weighted by Crippen LogP contribution is 2.40. The first-order valence-corrected chi connectivity index (χ1v) is 8.92. The van der Waals surface area contributed by atoms with Crippen molar-refractivity contribution in [2.24, 2.45) is 11.8 Å². The molecule has 5 nitrogen and oxygen atoms in total. The van der Waals surface area contributed by atoms with E-state index < -0.39 is 10.2 Å². The number of hydrogen-bond acceptors (Lipinski definition) is 3. The van der Waals surface area contributed by atoms with Gasteiger partial charge < -0.3 is 5.32 Å². The maximum Gasteiger partial charge on any atom is 0.282 e. The van der Waals surface area contributed by atoms with Crippen LogP contribution in [0.1, 0.15) is 32.1 Å². The van der Waals surface area contributed by atoms with Crippen LogP contribution in [-0.2, 0) is 10.2 Å². The number of piperidine rings is 2. The van der Waals surface area contributed by atoms with E-state index in [1.54, 1.807) is 8.61 Å². The number of hydrogen-bond donors (Lipinski definition) is 1. The highest BCUT2D eigenvalue weighted by Gasteiger charge is 2.46. The van der Waals surface area contributed by atoms with E-state index in [2.05, 4.69) is 5.32 Å². The zero-order chi connectivity index (χ0) is 13.5. The van der Waals surface area contributed by atoms with Gasteiger partial charge >= 0.3 is 0 Å². The summed E-state index contributed by atoms with van der Waals surface area (Å²) in [4.78, 5) is 0. The van der Waals surface area contributed by atoms with Gasteiger partial charge in [-0.25, -0.2) is 0 Å². The van der Waals surface area contributed by atoms with Crippen molar-refractivity contribution in [3.05, 3.63) is 0 Å². The van der Waals surface area contributed by atoms with Crippen LogP contribution < -0.4 is 5.32 Å². The first-order chi connectivity index (χ1) is 9.11. The van der Waals surface area contributed by atoms with E-state index in [0.717, 1.165) is 38.8 Å². The minimum absolute atomic E-state index is 0. The van der Waals surface area contributed by atoms with E-state index in [9.17, 15) is 8.42 Å². The predicted octanol–water partition coefficient (Wildman–Crippen LogP) is 1.07. The van der Waals surface area contributed by atoms with Crippen LogP contribution in [0.4, 0.5) is 0 Å². The van der Waals surface area contributed by atoms with Crippen molar-refractivity contribution in [2.45, 2.75) is 38.1 Å². The number of nitrogens with zero attached hydrogens (tertiary/aromatic N) is 2. The van der Waals surface area contributed by atoms with Gasteiger partial charge in [0.15, 0.2) is 0 Å². The Kier molecular flexibility index (Phi) is 5.34. The second-order valence-electron chi connectivity index (χ2n) is 6.33. The van der Waals surface area contributed by atoms with E-state index in [1.165, 1.54) is 6.42 Å². The molecule has 3 rings (SSSR count). The third-order valence-electron chi connectivity index (χ3n) is 4.96. The quantitative estimate of drug-likeness (QED) is 0.842. The first-order valence-electron chi connectivity index (χ1n) is 7.52. The fourth-order valence-corrected chi connectivity index (χ4v) is 6.03. The van der Waals surface area contributed by atoms with Gasteiger partial charge in [0.2, 0.25) is 0 Å². The smallest absolute Gasteiger partial charge is 0.282 e. The standard InChI is InChI=1S/C13H25N3O2S.ClH/c1-14-8-12-3-2-6-15(9-12)19(17,18)16-10-11-4-5-13(16)7-11;/h11-14H,2-10H2,1H3;1H. The fourth-order valence-electron chi connectivity index (χ4n) is 4.00. The zero-order valence-electron chi connectivity index (χ0n) is 12.1. The highest BCUT2D eigenvalue weighted by atomic mass is 35.5. The summed E-state index contributed by atoms with van der Waals surface area (Å²) in [6.07, 6.45) is 5.51. The molecule has 2 aliphatic heterocycles. The van der Waals surface area contributed by atoms with Crippen LogP contribution >= 0.6 is 12.4 Å². The lowest BCUT2D eigenvalue weighted by Gasteiger charge is -2.37. The number of nitrogens with one attached hydrogen (secondary N) is 1. The van der Waals surface area contributed by atoms with E-state index in [0.29, 0.717) is 31.0 Å². The molecule has 20 heavy (non-hydrogen) atoms. The maximum absolute atomic E-state index is 12.8. The molecular formula is C13H26ClN3O2S. The lowest BCUT2D eigenvalue weighted by atomic mass is 10.00. The summed E-state index contributed by atoms with van der Waals surface area (Å²) in [5.74, 6) is 1.09. The summed E-state index contributed by atoms with van der Waals surface area (Å²) in [7, 11) is -1.27. The topological polar surface area (TPSA) is 52.7 Å². The molecule has 2 heterocycles. The van der Waals surface area contributed by atoms with E-state index in [4.69, 9.17) is 0 Å². The van der Waals surface area contributed by atoms with Crippen LogP contribution in [0, 0.1) is 11.8 Å².